The highest BCUT2D eigenvalue weighted by Gasteiger charge is 2.36. The Labute approximate surface area is 123 Å². The second-order valence-electron chi connectivity index (χ2n) is 5.28. The van der Waals surface area contributed by atoms with Crippen molar-refractivity contribution in [3.63, 3.8) is 0 Å². The Balaban J connectivity index is 2.92. The first kappa shape index (κ1) is 16.7. The fourth-order valence-electron chi connectivity index (χ4n) is 3.02. The third kappa shape index (κ3) is 4.04. The molecule has 0 aliphatic rings. The number of nitrogens with zero attached hydrogens (tertiary/aromatic N) is 1. The molecule has 0 fully saturated rings. The summed E-state index contributed by atoms with van der Waals surface area (Å²) in [5.41, 5.74) is 0.226. The zero-order chi connectivity index (χ0) is 14.3. The number of rotatable bonds is 9. The molecule has 1 aromatic heterocycles. The van der Waals surface area contributed by atoms with E-state index in [-0.39, 0.29) is 5.54 Å². The number of nitrogens with one attached hydrogen (secondary N) is 1. The van der Waals surface area contributed by atoms with Crippen LogP contribution in [0.4, 0.5) is 0 Å². The molecule has 3 heteroatoms. The zero-order valence-electron chi connectivity index (χ0n) is 13.2. The van der Waals surface area contributed by atoms with E-state index in [1.807, 2.05) is 11.3 Å². The summed E-state index contributed by atoms with van der Waals surface area (Å²) in [6, 6.07) is 4.93. The molecule has 1 aromatic rings. The molecular weight excluding hydrogens is 252 g/mol. The van der Waals surface area contributed by atoms with Gasteiger partial charge >= 0.3 is 0 Å². The quantitative estimate of drug-likeness (QED) is 0.741. The van der Waals surface area contributed by atoms with Gasteiger partial charge in [-0.05, 0) is 50.8 Å². The van der Waals surface area contributed by atoms with E-state index in [0.717, 1.165) is 26.1 Å². The average molecular weight is 282 g/mol. The SMILES string of the molecule is CCNC(Cc1cccs1)C(C)(CC)N(CC)CC. The van der Waals surface area contributed by atoms with Gasteiger partial charge in [0.2, 0.25) is 0 Å². The van der Waals surface area contributed by atoms with Crippen molar-refractivity contribution in [2.24, 2.45) is 0 Å². The predicted molar refractivity (Wildman–Crippen MR) is 87.1 cm³/mol. The van der Waals surface area contributed by atoms with Gasteiger partial charge in [-0.1, -0.05) is 33.8 Å². The first-order valence-electron chi connectivity index (χ1n) is 7.63. The molecule has 0 aromatic carbocycles. The van der Waals surface area contributed by atoms with Crippen molar-refractivity contribution in [3.05, 3.63) is 22.4 Å². The van der Waals surface area contributed by atoms with Crippen LogP contribution < -0.4 is 5.32 Å². The lowest BCUT2D eigenvalue weighted by Crippen LogP contribution is -2.60. The molecule has 2 atom stereocenters. The molecule has 0 amide bonds. The normalized spacial score (nSPS) is 16.5. The van der Waals surface area contributed by atoms with E-state index < -0.39 is 0 Å². The maximum atomic E-state index is 3.73. The van der Waals surface area contributed by atoms with Crippen LogP contribution in [0, 0.1) is 0 Å². The summed E-state index contributed by atoms with van der Waals surface area (Å²) >= 11 is 1.87. The Bertz CT molecular complexity index is 333. The second-order valence-corrected chi connectivity index (χ2v) is 6.31. The summed E-state index contributed by atoms with van der Waals surface area (Å²) in [5, 5.41) is 5.91. The summed E-state index contributed by atoms with van der Waals surface area (Å²) in [7, 11) is 0. The van der Waals surface area contributed by atoms with Crippen LogP contribution in [0.1, 0.15) is 45.9 Å². The Morgan fingerprint density at radius 3 is 2.37 bits per heavy atom. The molecular formula is C16H30N2S. The largest absolute Gasteiger partial charge is 0.312 e. The number of hydrogen-bond donors (Lipinski definition) is 1. The Morgan fingerprint density at radius 2 is 1.95 bits per heavy atom. The van der Waals surface area contributed by atoms with E-state index >= 15 is 0 Å². The van der Waals surface area contributed by atoms with Crippen LogP contribution in [0.3, 0.4) is 0 Å². The average Bonchev–Trinajstić information content (AvgIpc) is 2.92. The van der Waals surface area contributed by atoms with Gasteiger partial charge in [-0.2, -0.15) is 0 Å². The minimum Gasteiger partial charge on any atom is -0.312 e. The molecule has 2 nitrogen and oxygen atoms in total. The molecule has 0 saturated heterocycles. The molecule has 110 valence electrons. The monoisotopic (exact) mass is 282 g/mol. The smallest absolute Gasteiger partial charge is 0.0335 e. The van der Waals surface area contributed by atoms with Crippen molar-refractivity contribution in [1.29, 1.82) is 0 Å². The molecule has 19 heavy (non-hydrogen) atoms. The molecule has 0 saturated carbocycles. The summed E-state index contributed by atoms with van der Waals surface area (Å²) in [6.07, 6.45) is 2.31. The van der Waals surface area contributed by atoms with Crippen LogP contribution in [-0.2, 0) is 6.42 Å². The maximum Gasteiger partial charge on any atom is 0.0335 e. The van der Waals surface area contributed by atoms with Gasteiger partial charge in [0.1, 0.15) is 0 Å². The van der Waals surface area contributed by atoms with Crippen LogP contribution >= 0.6 is 11.3 Å². The van der Waals surface area contributed by atoms with E-state index in [9.17, 15) is 0 Å². The first-order valence-corrected chi connectivity index (χ1v) is 8.51. The lowest BCUT2D eigenvalue weighted by molar-refractivity contribution is 0.0710. The molecule has 1 rings (SSSR count). The fourth-order valence-corrected chi connectivity index (χ4v) is 3.78. The third-order valence-corrected chi connectivity index (χ3v) is 5.29. The van der Waals surface area contributed by atoms with Crippen molar-refractivity contribution >= 4 is 11.3 Å². The molecule has 0 aliphatic heterocycles. The first-order chi connectivity index (χ1) is 9.12. The van der Waals surface area contributed by atoms with Gasteiger partial charge < -0.3 is 5.32 Å². The van der Waals surface area contributed by atoms with Gasteiger partial charge in [-0.15, -0.1) is 11.3 Å². The van der Waals surface area contributed by atoms with Crippen molar-refractivity contribution in [2.75, 3.05) is 19.6 Å². The third-order valence-electron chi connectivity index (χ3n) is 4.39. The standard InChI is InChI=1S/C16H30N2S/c1-6-16(5,18(8-3)9-4)15(17-7-2)13-14-11-10-12-19-14/h10-12,15,17H,6-9,13H2,1-5H3. The van der Waals surface area contributed by atoms with E-state index in [2.05, 4.69) is 62.3 Å². The van der Waals surface area contributed by atoms with Crippen LogP contribution in [0.2, 0.25) is 0 Å². The van der Waals surface area contributed by atoms with E-state index in [4.69, 9.17) is 0 Å². The second kappa shape index (κ2) is 8.03. The lowest BCUT2D eigenvalue weighted by atomic mass is 9.84. The molecule has 0 spiro atoms. The number of hydrogen-bond acceptors (Lipinski definition) is 3. The molecule has 0 radical (unpaired) electrons. The van der Waals surface area contributed by atoms with Gasteiger partial charge in [0.25, 0.3) is 0 Å². The van der Waals surface area contributed by atoms with Gasteiger partial charge in [0.15, 0.2) is 0 Å². The highest BCUT2D eigenvalue weighted by molar-refractivity contribution is 7.09. The Kier molecular flexibility index (Phi) is 7.05. The topological polar surface area (TPSA) is 15.3 Å². The molecule has 1 heterocycles. The maximum absolute atomic E-state index is 3.73. The van der Waals surface area contributed by atoms with Crippen LogP contribution in [-0.4, -0.2) is 36.1 Å². The highest BCUT2D eigenvalue weighted by atomic mass is 32.1. The predicted octanol–water partition coefficient (Wildman–Crippen LogP) is 3.78. The van der Waals surface area contributed by atoms with E-state index in [0.29, 0.717) is 6.04 Å². The zero-order valence-corrected chi connectivity index (χ0v) is 14.0. The molecule has 2 unspecified atom stereocenters. The van der Waals surface area contributed by atoms with Crippen LogP contribution in [0.15, 0.2) is 17.5 Å². The molecule has 0 bridgehead atoms. The van der Waals surface area contributed by atoms with Crippen molar-refractivity contribution < 1.29 is 0 Å². The fraction of sp³-hybridized carbons (Fsp3) is 0.750. The van der Waals surface area contributed by atoms with Gasteiger partial charge in [0, 0.05) is 16.5 Å². The summed E-state index contributed by atoms with van der Waals surface area (Å²) in [4.78, 5) is 4.09. The van der Waals surface area contributed by atoms with Crippen LogP contribution in [0.25, 0.3) is 0 Å². The summed E-state index contributed by atoms with van der Waals surface area (Å²) in [5.74, 6) is 0. The van der Waals surface area contributed by atoms with Crippen molar-refractivity contribution in [3.8, 4) is 0 Å². The summed E-state index contributed by atoms with van der Waals surface area (Å²) < 4.78 is 0. The minimum absolute atomic E-state index is 0.226. The molecule has 0 aliphatic carbocycles. The highest BCUT2D eigenvalue weighted by Crippen LogP contribution is 2.27. The van der Waals surface area contributed by atoms with Crippen LogP contribution in [0.5, 0.6) is 0 Å². The number of thiophene rings is 1. The molecule has 1 N–H and O–H groups in total. The lowest BCUT2D eigenvalue weighted by Gasteiger charge is -2.46. The van der Waals surface area contributed by atoms with Gasteiger partial charge in [-0.25, -0.2) is 0 Å². The Morgan fingerprint density at radius 1 is 1.26 bits per heavy atom. The van der Waals surface area contributed by atoms with Crippen molar-refractivity contribution in [1.82, 2.24) is 10.2 Å². The van der Waals surface area contributed by atoms with E-state index in [1.54, 1.807) is 0 Å². The minimum atomic E-state index is 0.226. The van der Waals surface area contributed by atoms with Gasteiger partial charge in [0.05, 0.1) is 0 Å². The number of likely N-dealkylation sites (N-methyl/N-ethyl adjacent to an activating group) is 2. The summed E-state index contributed by atoms with van der Waals surface area (Å²) in [6.45, 7) is 14.8. The Hall–Kier alpha value is -0.380. The van der Waals surface area contributed by atoms with E-state index in [1.165, 1.54) is 11.3 Å². The van der Waals surface area contributed by atoms with Crippen molar-refractivity contribution in [2.45, 2.75) is 59.0 Å². The van der Waals surface area contributed by atoms with Gasteiger partial charge in [-0.3, -0.25) is 4.90 Å².